The predicted molar refractivity (Wildman–Crippen MR) is 57.2 cm³/mol. The molecule has 0 radical (unpaired) electrons. The van der Waals surface area contributed by atoms with Crippen LogP contribution in [0.5, 0.6) is 0 Å². The third-order valence-corrected chi connectivity index (χ3v) is 2.19. The Morgan fingerprint density at radius 2 is 2.00 bits per heavy atom. The summed E-state index contributed by atoms with van der Waals surface area (Å²) < 4.78 is 5.31. The van der Waals surface area contributed by atoms with Crippen molar-refractivity contribution in [3.8, 4) is 0 Å². The molecule has 0 fully saturated rings. The van der Waals surface area contributed by atoms with Gasteiger partial charge in [0.15, 0.2) is 0 Å². The number of hydrogen-bond donors (Lipinski definition) is 3. The second-order valence-electron chi connectivity index (χ2n) is 3.89. The minimum Gasteiger partial charge on any atom is -0.462 e. The molecule has 0 amide bonds. The van der Waals surface area contributed by atoms with Crippen LogP contribution in [-0.2, 0) is 13.2 Å². The fourth-order valence-electron chi connectivity index (χ4n) is 1.47. The Bertz CT molecular complexity index is 283. The van der Waals surface area contributed by atoms with Gasteiger partial charge in [-0.3, -0.25) is 0 Å². The smallest absolute Gasteiger partial charge is 0.129 e. The molecule has 2 atom stereocenters. The topological polar surface area (TPSA) is 65.6 Å². The monoisotopic (exact) mass is 213 g/mol. The van der Waals surface area contributed by atoms with Crippen molar-refractivity contribution >= 4 is 0 Å². The van der Waals surface area contributed by atoms with Crippen LogP contribution in [0.25, 0.3) is 0 Å². The highest BCUT2D eigenvalue weighted by atomic mass is 16.4. The molecule has 1 rings (SSSR count). The maximum absolute atomic E-state index is 9.17. The van der Waals surface area contributed by atoms with Gasteiger partial charge in [0.05, 0.1) is 12.6 Å². The number of rotatable bonds is 6. The second-order valence-corrected chi connectivity index (χ2v) is 3.89. The van der Waals surface area contributed by atoms with Gasteiger partial charge in [-0.1, -0.05) is 0 Å². The maximum atomic E-state index is 9.17. The normalized spacial score (nSPS) is 15.2. The van der Waals surface area contributed by atoms with Crippen LogP contribution in [0, 0.1) is 0 Å². The molecule has 3 N–H and O–H groups in total. The molecule has 0 saturated carbocycles. The van der Waals surface area contributed by atoms with Gasteiger partial charge in [0, 0.05) is 6.04 Å². The molecule has 1 heterocycles. The van der Waals surface area contributed by atoms with E-state index in [2.05, 4.69) is 5.32 Å². The summed E-state index contributed by atoms with van der Waals surface area (Å²) in [6, 6.07) is 3.84. The maximum Gasteiger partial charge on any atom is 0.129 e. The predicted octanol–water partition coefficient (Wildman–Crippen LogP) is 1.02. The highest BCUT2D eigenvalue weighted by Gasteiger charge is 2.07. The minimum absolute atomic E-state index is 0.0662. The van der Waals surface area contributed by atoms with Crippen molar-refractivity contribution in [2.75, 3.05) is 0 Å². The fraction of sp³-hybridized carbons (Fsp3) is 0.636. The van der Waals surface area contributed by atoms with Crippen molar-refractivity contribution in [1.82, 2.24) is 5.32 Å². The summed E-state index contributed by atoms with van der Waals surface area (Å²) in [5.74, 6) is 1.38. The van der Waals surface area contributed by atoms with Crippen LogP contribution in [0.1, 0.15) is 31.8 Å². The van der Waals surface area contributed by atoms with Crippen molar-refractivity contribution in [3.63, 3.8) is 0 Å². The minimum atomic E-state index is -0.294. The van der Waals surface area contributed by atoms with Gasteiger partial charge in [0.1, 0.15) is 18.1 Å². The van der Waals surface area contributed by atoms with Gasteiger partial charge in [-0.05, 0) is 32.4 Å². The molecule has 0 aromatic carbocycles. The van der Waals surface area contributed by atoms with Crippen molar-refractivity contribution in [2.24, 2.45) is 0 Å². The van der Waals surface area contributed by atoms with Crippen LogP contribution in [0.2, 0.25) is 0 Å². The summed E-state index contributed by atoms with van der Waals surface area (Å²) in [5, 5.41) is 21.2. The van der Waals surface area contributed by atoms with E-state index in [0.29, 0.717) is 18.7 Å². The van der Waals surface area contributed by atoms with E-state index in [0.717, 1.165) is 5.76 Å². The van der Waals surface area contributed by atoms with Crippen molar-refractivity contribution in [3.05, 3.63) is 23.7 Å². The standard InChI is InChI=1S/C11H19NO3/c1-8(5-9(2)14)12-6-10-3-4-11(7-13)15-10/h3-4,8-9,12-14H,5-7H2,1-2H3. The lowest BCUT2D eigenvalue weighted by molar-refractivity contribution is 0.169. The molecule has 0 aliphatic heterocycles. The molecule has 1 aromatic rings. The van der Waals surface area contributed by atoms with E-state index in [1.807, 2.05) is 13.0 Å². The van der Waals surface area contributed by atoms with Gasteiger partial charge >= 0.3 is 0 Å². The first-order valence-corrected chi connectivity index (χ1v) is 5.21. The summed E-state index contributed by atoms with van der Waals surface area (Å²) >= 11 is 0. The molecule has 4 nitrogen and oxygen atoms in total. The highest BCUT2D eigenvalue weighted by molar-refractivity contribution is 5.06. The zero-order chi connectivity index (χ0) is 11.3. The summed E-state index contributed by atoms with van der Waals surface area (Å²) in [6.45, 7) is 4.34. The van der Waals surface area contributed by atoms with Crippen LogP contribution in [0.15, 0.2) is 16.5 Å². The van der Waals surface area contributed by atoms with Crippen molar-refractivity contribution in [2.45, 2.75) is 45.6 Å². The summed E-state index contributed by atoms with van der Waals surface area (Å²) in [5.41, 5.74) is 0. The Kier molecular flexibility index (Phi) is 4.81. The quantitative estimate of drug-likeness (QED) is 0.660. The number of aliphatic hydroxyl groups excluding tert-OH is 2. The van der Waals surface area contributed by atoms with E-state index in [1.165, 1.54) is 0 Å². The average Bonchev–Trinajstić information content (AvgIpc) is 2.61. The number of hydrogen-bond acceptors (Lipinski definition) is 4. The van der Waals surface area contributed by atoms with Gasteiger partial charge < -0.3 is 19.9 Å². The molecule has 0 aliphatic rings. The van der Waals surface area contributed by atoms with E-state index < -0.39 is 0 Å². The van der Waals surface area contributed by atoms with Crippen molar-refractivity contribution < 1.29 is 14.6 Å². The second kappa shape index (κ2) is 5.90. The summed E-state index contributed by atoms with van der Waals surface area (Å²) in [7, 11) is 0. The number of aliphatic hydroxyl groups is 2. The lowest BCUT2D eigenvalue weighted by Crippen LogP contribution is -2.28. The molecule has 0 saturated heterocycles. The zero-order valence-electron chi connectivity index (χ0n) is 9.23. The Hall–Kier alpha value is -0.840. The SMILES string of the molecule is CC(O)CC(C)NCc1ccc(CO)o1. The molecule has 0 aliphatic carbocycles. The fourth-order valence-corrected chi connectivity index (χ4v) is 1.47. The third-order valence-electron chi connectivity index (χ3n) is 2.19. The molecule has 1 aromatic heterocycles. The molecular formula is C11H19NO3. The Labute approximate surface area is 89.9 Å². The van der Waals surface area contributed by atoms with E-state index in [9.17, 15) is 0 Å². The first kappa shape index (κ1) is 12.2. The van der Waals surface area contributed by atoms with Crippen LogP contribution < -0.4 is 5.32 Å². The third kappa shape index (κ3) is 4.46. The Morgan fingerprint density at radius 1 is 1.33 bits per heavy atom. The molecule has 4 heteroatoms. The molecular weight excluding hydrogens is 194 g/mol. The molecule has 86 valence electrons. The number of nitrogens with one attached hydrogen (secondary N) is 1. The molecule has 2 unspecified atom stereocenters. The Balaban J connectivity index is 2.30. The van der Waals surface area contributed by atoms with Crippen LogP contribution in [0.4, 0.5) is 0 Å². The Morgan fingerprint density at radius 3 is 2.53 bits per heavy atom. The van der Waals surface area contributed by atoms with Gasteiger partial charge in [-0.25, -0.2) is 0 Å². The van der Waals surface area contributed by atoms with E-state index in [-0.39, 0.29) is 18.8 Å². The lowest BCUT2D eigenvalue weighted by Gasteiger charge is -2.14. The van der Waals surface area contributed by atoms with Crippen LogP contribution in [-0.4, -0.2) is 22.4 Å². The van der Waals surface area contributed by atoms with Gasteiger partial charge in [-0.2, -0.15) is 0 Å². The average molecular weight is 213 g/mol. The van der Waals surface area contributed by atoms with Crippen molar-refractivity contribution in [1.29, 1.82) is 0 Å². The van der Waals surface area contributed by atoms with Crippen LogP contribution >= 0.6 is 0 Å². The largest absolute Gasteiger partial charge is 0.462 e. The first-order valence-electron chi connectivity index (χ1n) is 5.21. The van der Waals surface area contributed by atoms with E-state index in [4.69, 9.17) is 14.6 Å². The summed E-state index contributed by atoms with van der Waals surface area (Å²) in [4.78, 5) is 0. The molecule has 0 spiro atoms. The molecule has 15 heavy (non-hydrogen) atoms. The zero-order valence-corrected chi connectivity index (χ0v) is 9.23. The van der Waals surface area contributed by atoms with Gasteiger partial charge in [0.25, 0.3) is 0 Å². The number of furan rings is 1. The van der Waals surface area contributed by atoms with Crippen LogP contribution in [0.3, 0.4) is 0 Å². The molecule has 0 bridgehead atoms. The van der Waals surface area contributed by atoms with E-state index in [1.54, 1.807) is 13.0 Å². The van der Waals surface area contributed by atoms with Gasteiger partial charge in [0.2, 0.25) is 0 Å². The summed E-state index contributed by atoms with van der Waals surface area (Å²) in [6.07, 6.45) is 0.421. The highest BCUT2D eigenvalue weighted by Crippen LogP contribution is 2.08. The lowest BCUT2D eigenvalue weighted by atomic mass is 10.1. The first-order chi connectivity index (χ1) is 7.11. The van der Waals surface area contributed by atoms with E-state index >= 15 is 0 Å². The van der Waals surface area contributed by atoms with Gasteiger partial charge in [-0.15, -0.1) is 0 Å².